The van der Waals surface area contributed by atoms with Gasteiger partial charge in [-0.2, -0.15) is 0 Å². The van der Waals surface area contributed by atoms with Gasteiger partial charge in [-0.05, 0) is 28.1 Å². The normalized spacial score (nSPS) is 10.4. The Morgan fingerprint density at radius 1 is 1.43 bits per heavy atom. The number of nitrogens with zero attached hydrogens (tertiary/aromatic N) is 4. The highest BCUT2D eigenvalue weighted by atomic mass is 79.9. The molecule has 4 nitrogen and oxygen atoms in total. The van der Waals surface area contributed by atoms with E-state index >= 15 is 0 Å². The van der Waals surface area contributed by atoms with Crippen LogP contribution < -0.4 is 0 Å². The van der Waals surface area contributed by atoms with Gasteiger partial charge >= 0.3 is 0 Å². The van der Waals surface area contributed by atoms with Crippen molar-refractivity contribution in [3.8, 4) is 0 Å². The van der Waals surface area contributed by atoms with Crippen molar-refractivity contribution in [2.45, 2.75) is 6.42 Å². The molecule has 5 heteroatoms. The van der Waals surface area contributed by atoms with Crippen LogP contribution in [-0.4, -0.2) is 20.2 Å². The van der Waals surface area contributed by atoms with Gasteiger partial charge in [0.25, 0.3) is 0 Å². The van der Waals surface area contributed by atoms with Crippen LogP contribution in [0.4, 0.5) is 0 Å². The summed E-state index contributed by atoms with van der Waals surface area (Å²) >= 11 is 3.43. The maximum atomic E-state index is 3.93. The van der Waals surface area contributed by atoms with Crippen LogP contribution >= 0.6 is 15.9 Å². The molecule has 0 saturated heterocycles. The summed E-state index contributed by atoms with van der Waals surface area (Å²) in [5.41, 5.74) is 1.19. The molecule has 1 heterocycles. The second-order valence-corrected chi connectivity index (χ2v) is 3.94. The number of hydrogen-bond donors (Lipinski definition) is 0. The van der Waals surface area contributed by atoms with Crippen molar-refractivity contribution in [3.63, 3.8) is 0 Å². The second kappa shape index (κ2) is 3.88. The first-order valence-corrected chi connectivity index (χ1v) is 5.00. The highest BCUT2D eigenvalue weighted by molar-refractivity contribution is 9.10. The minimum Gasteiger partial charge on any atom is -0.232 e. The van der Waals surface area contributed by atoms with E-state index in [-0.39, 0.29) is 0 Å². The van der Waals surface area contributed by atoms with Gasteiger partial charge in [-0.1, -0.05) is 28.1 Å². The molecule has 1 aromatic carbocycles. The molecule has 0 spiro atoms. The number of aryl methyl sites for hydroxylation is 1. The molecule has 14 heavy (non-hydrogen) atoms. The highest BCUT2D eigenvalue weighted by Crippen LogP contribution is 2.13. The Morgan fingerprint density at radius 3 is 2.93 bits per heavy atom. The third kappa shape index (κ3) is 1.98. The van der Waals surface area contributed by atoms with E-state index in [4.69, 9.17) is 0 Å². The fourth-order valence-electron chi connectivity index (χ4n) is 1.23. The van der Waals surface area contributed by atoms with Crippen LogP contribution in [0.1, 0.15) is 11.4 Å². The van der Waals surface area contributed by atoms with Gasteiger partial charge in [0, 0.05) is 17.9 Å². The van der Waals surface area contributed by atoms with Gasteiger partial charge in [-0.3, -0.25) is 0 Å². The summed E-state index contributed by atoms with van der Waals surface area (Å²) in [6.45, 7) is 0. The average Bonchev–Trinajstić information content (AvgIpc) is 2.52. The first-order valence-electron chi connectivity index (χ1n) is 4.21. The molecule has 72 valence electrons. The van der Waals surface area contributed by atoms with Gasteiger partial charge in [-0.25, -0.2) is 4.68 Å². The van der Waals surface area contributed by atoms with Crippen molar-refractivity contribution >= 4 is 15.9 Å². The number of rotatable bonds is 2. The molecule has 0 saturated carbocycles. The van der Waals surface area contributed by atoms with Crippen LogP contribution in [0.25, 0.3) is 0 Å². The maximum absolute atomic E-state index is 3.93. The van der Waals surface area contributed by atoms with Crippen LogP contribution in [0.2, 0.25) is 0 Å². The van der Waals surface area contributed by atoms with E-state index in [0.29, 0.717) is 0 Å². The molecule has 0 fully saturated rings. The van der Waals surface area contributed by atoms with Crippen molar-refractivity contribution in [1.82, 2.24) is 20.2 Å². The number of benzene rings is 1. The Balaban J connectivity index is 2.23. The summed E-state index contributed by atoms with van der Waals surface area (Å²) in [5, 5.41) is 11.3. The molecular formula is C9H9BrN4. The van der Waals surface area contributed by atoms with Crippen LogP contribution in [0.15, 0.2) is 28.7 Å². The molecule has 0 unspecified atom stereocenters. The summed E-state index contributed by atoms with van der Waals surface area (Å²) in [6.07, 6.45) is 0.753. The summed E-state index contributed by atoms with van der Waals surface area (Å²) in [5.74, 6) is 0.864. The predicted molar refractivity (Wildman–Crippen MR) is 55.7 cm³/mol. The minimum atomic E-state index is 0.753. The second-order valence-electron chi connectivity index (χ2n) is 3.03. The Kier molecular flexibility index (Phi) is 2.58. The summed E-state index contributed by atoms with van der Waals surface area (Å²) in [6, 6.07) is 8.12. The molecule has 0 aliphatic heterocycles. The largest absolute Gasteiger partial charge is 0.232 e. The molecule has 1 aromatic heterocycles. The topological polar surface area (TPSA) is 43.6 Å². The van der Waals surface area contributed by atoms with Gasteiger partial charge in [0.1, 0.15) is 0 Å². The molecule has 0 atom stereocenters. The van der Waals surface area contributed by atoms with E-state index in [9.17, 15) is 0 Å². The molecule has 0 N–H and O–H groups in total. The van der Waals surface area contributed by atoms with Crippen molar-refractivity contribution in [2.75, 3.05) is 0 Å². The van der Waals surface area contributed by atoms with Gasteiger partial charge in [-0.15, -0.1) is 5.10 Å². The zero-order chi connectivity index (χ0) is 9.97. The van der Waals surface area contributed by atoms with Crippen molar-refractivity contribution in [2.24, 2.45) is 7.05 Å². The van der Waals surface area contributed by atoms with Crippen LogP contribution in [0, 0.1) is 0 Å². The Bertz CT molecular complexity index is 438. The fraction of sp³-hybridized carbons (Fsp3) is 0.222. The lowest BCUT2D eigenvalue weighted by Crippen LogP contribution is -2.00. The Labute approximate surface area is 90.1 Å². The zero-order valence-corrected chi connectivity index (χ0v) is 9.27. The summed E-state index contributed by atoms with van der Waals surface area (Å²) < 4.78 is 2.76. The maximum Gasteiger partial charge on any atom is 0.155 e. The molecule has 0 bridgehead atoms. The average molecular weight is 253 g/mol. The van der Waals surface area contributed by atoms with Crippen LogP contribution in [0.5, 0.6) is 0 Å². The third-order valence-corrected chi connectivity index (χ3v) is 2.45. The number of tetrazole rings is 1. The smallest absolute Gasteiger partial charge is 0.155 e. The van der Waals surface area contributed by atoms with E-state index in [1.54, 1.807) is 4.68 Å². The van der Waals surface area contributed by atoms with E-state index in [2.05, 4.69) is 43.6 Å². The molecular weight excluding hydrogens is 244 g/mol. The van der Waals surface area contributed by atoms with Gasteiger partial charge in [0.2, 0.25) is 0 Å². The van der Waals surface area contributed by atoms with Crippen LogP contribution in [-0.2, 0) is 13.5 Å². The Morgan fingerprint density at radius 2 is 2.29 bits per heavy atom. The summed E-state index contributed by atoms with van der Waals surface area (Å²) in [7, 11) is 1.84. The van der Waals surface area contributed by atoms with Gasteiger partial charge in [0.05, 0.1) is 0 Å². The number of hydrogen-bond acceptors (Lipinski definition) is 3. The fourth-order valence-corrected chi connectivity index (χ4v) is 1.67. The van der Waals surface area contributed by atoms with Crippen LogP contribution in [0.3, 0.4) is 0 Å². The number of aromatic nitrogens is 4. The zero-order valence-electron chi connectivity index (χ0n) is 7.68. The molecule has 2 rings (SSSR count). The predicted octanol–water partition coefficient (Wildman–Crippen LogP) is 1.56. The lowest BCUT2D eigenvalue weighted by atomic mass is 10.1. The van der Waals surface area contributed by atoms with E-state index in [1.165, 1.54) is 5.56 Å². The van der Waals surface area contributed by atoms with E-state index < -0.39 is 0 Å². The molecule has 0 amide bonds. The molecule has 0 aliphatic carbocycles. The SMILES string of the molecule is Cn1nnnc1Cc1cccc(Br)c1. The lowest BCUT2D eigenvalue weighted by molar-refractivity contribution is 0.686. The summed E-state index contributed by atoms with van der Waals surface area (Å²) in [4.78, 5) is 0. The van der Waals surface area contributed by atoms with E-state index in [1.807, 2.05) is 19.2 Å². The quantitative estimate of drug-likeness (QED) is 0.815. The van der Waals surface area contributed by atoms with Crippen molar-refractivity contribution in [1.29, 1.82) is 0 Å². The standard InChI is InChI=1S/C9H9BrN4/c1-14-9(11-12-13-14)6-7-3-2-4-8(10)5-7/h2-5H,6H2,1H3. The van der Waals surface area contributed by atoms with Crippen molar-refractivity contribution < 1.29 is 0 Å². The van der Waals surface area contributed by atoms with E-state index in [0.717, 1.165) is 16.7 Å². The Hall–Kier alpha value is -1.23. The highest BCUT2D eigenvalue weighted by Gasteiger charge is 2.03. The molecule has 0 aliphatic rings. The third-order valence-electron chi connectivity index (χ3n) is 1.96. The first kappa shape index (κ1) is 9.33. The van der Waals surface area contributed by atoms with Gasteiger partial charge in [0.15, 0.2) is 5.82 Å². The first-order chi connectivity index (χ1) is 6.75. The number of halogens is 1. The molecule has 0 radical (unpaired) electrons. The van der Waals surface area contributed by atoms with Gasteiger partial charge < -0.3 is 0 Å². The monoisotopic (exact) mass is 252 g/mol. The van der Waals surface area contributed by atoms with Crippen molar-refractivity contribution in [3.05, 3.63) is 40.1 Å². The lowest BCUT2D eigenvalue weighted by Gasteiger charge is -1.99. The molecule has 2 aromatic rings. The minimum absolute atomic E-state index is 0.753.